The Morgan fingerprint density at radius 1 is 1.04 bits per heavy atom. The summed E-state index contributed by atoms with van der Waals surface area (Å²) in [6.07, 6.45) is -6.24. The number of nitrogens with one attached hydrogen (secondary N) is 1. The highest BCUT2D eigenvalue weighted by molar-refractivity contribution is 8.44. The van der Waals surface area contributed by atoms with Crippen LogP contribution in [0.2, 0.25) is 0 Å². The molecule has 3 fully saturated rings. The number of rotatable bonds is 2. The second-order valence-electron chi connectivity index (χ2n) is 10.0. The van der Waals surface area contributed by atoms with Gasteiger partial charge in [-0.05, 0) is 11.8 Å². The summed E-state index contributed by atoms with van der Waals surface area (Å²) in [5, 5.41) is -2.14. The molecule has 0 aromatic carbocycles. The number of thioether (sulfide) groups is 1. The van der Waals surface area contributed by atoms with Crippen LogP contribution in [0.1, 0.15) is 11.6 Å². The number of hydrogen-bond acceptors (Lipinski definition) is 16. The van der Waals surface area contributed by atoms with Crippen LogP contribution in [0.15, 0.2) is 23.8 Å². The van der Waals surface area contributed by atoms with Crippen LogP contribution < -0.4 is 17.0 Å². The first-order chi connectivity index (χ1) is 21.3. The molecule has 3 saturated heterocycles. The lowest BCUT2D eigenvalue weighted by atomic mass is 10.1. The van der Waals surface area contributed by atoms with Gasteiger partial charge in [-0.3, -0.25) is 32.5 Å². The molecular weight excluding hydrogens is 704 g/mol. The lowest BCUT2D eigenvalue weighted by molar-refractivity contribution is -0.0435. The van der Waals surface area contributed by atoms with E-state index >= 15 is 8.78 Å². The topological polar surface area (TPSA) is 243 Å². The third-order valence-corrected chi connectivity index (χ3v) is 11.9. The zero-order valence-electron chi connectivity index (χ0n) is 22.3. The van der Waals surface area contributed by atoms with Crippen molar-refractivity contribution in [2.45, 2.75) is 47.5 Å². The molecule has 0 spiro atoms. The molecule has 242 valence electrons. The fraction of sp³-hybridized carbons (Fsp3) is 0.500. The number of anilines is 2. The summed E-state index contributed by atoms with van der Waals surface area (Å²) >= 11 is 10.1. The number of H-pyrrole nitrogens is 1. The van der Waals surface area contributed by atoms with E-state index in [1.807, 2.05) is 0 Å². The van der Waals surface area contributed by atoms with Crippen LogP contribution in [0, 0.1) is 0 Å². The van der Waals surface area contributed by atoms with Gasteiger partial charge < -0.3 is 25.6 Å². The largest absolute Gasteiger partial charge is 0.386 e. The van der Waals surface area contributed by atoms with Gasteiger partial charge in [0.25, 0.3) is 5.56 Å². The lowest BCUT2D eigenvalue weighted by Crippen LogP contribution is -2.33. The molecule has 2 unspecified atom stereocenters. The van der Waals surface area contributed by atoms with Crippen molar-refractivity contribution in [3.8, 4) is 0 Å². The van der Waals surface area contributed by atoms with Gasteiger partial charge in [-0.1, -0.05) is 12.2 Å². The maximum absolute atomic E-state index is 16.0. The third kappa shape index (κ3) is 5.67. The number of ether oxygens (including phenoxy) is 1. The Morgan fingerprint density at radius 3 is 2.60 bits per heavy atom. The minimum absolute atomic E-state index is 0.00822. The van der Waals surface area contributed by atoms with E-state index in [1.54, 1.807) is 0 Å². The number of aromatic nitrogens is 8. The van der Waals surface area contributed by atoms with Gasteiger partial charge in [0.1, 0.15) is 41.7 Å². The zero-order chi connectivity index (χ0) is 31.8. The normalized spacial score (nSPS) is 37.7. The highest BCUT2D eigenvalue weighted by atomic mass is 32.7. The molecule has 7 heterocycles. The van der Waals surface area contributed by atoms with Crippen LogP contribution in [0.5, 0.6) is 0 Å². The Hall–Kier alpha value is -2.30. The number of hydrogen-bond donors (Lipinski definition) is 5. The summed E-state index contributed by atoms with van der Waals surface area (Å²) in [6, 6.07) is 0. The van der Waals surface area contributed by atoms with Gasteiger partial charge >= 0.3 is 13.5 Å². The molecule has 25 heteroatoms. The van der Waals surface area contributed by atoms with Gasteiger partial charge in [0.2, 0.25) is 5.95 Å². The number of thiol groups is 1. The quantitative estimate of drug-likeness (QED) is 0.145. The zero-order valence-corrected chi connectivity index (χ0v) is 26.6. The molecule has 4 aromatic rings. The number of aromatic amines is 1. The number of imidazole rings is 2. The molecule has 18 nitrogen and oxygen atoms in total. The Bertz CT molecular complexity index is 1950. The Morgan fingerprint density at radius 2 is 1.80 bits per heavy atom. The third-order valence-electron chi connectivity index (χ3n) is 7.23. The van der Waals surface area contributed by atoms with Crippen molar-refractivity contribution in [2.24, 2.45) is 0 Å². The number of alkyl halides is 2. The molecule has 0 radical (unpaired) electrons. The molecular formula is C20H22F2N10O8P2S3. The number of nitrogens with zero attached hydrogens (tertiary/aromatic N) is 7. The SMILES string of the molecule is Nc1nc2c(ncn2[C@@H]2S[C@@H]3COP(=O)(S)O[C@H]4[C@H](F)[C@H](n5cnc6c(N)ncnc65)O[C@@H]4COP(O)(=S)O[C@@H]2[C@H]3F)c(=O)[nH]1. The summed E-state index contributed by atoms with van der Waals surface area (Å²) in [5.74, 6) is -0.167. The summed E-state index contributed by atoms with van der Waals surface area (Å²) in [5.41, 5.74) is 11.2. The van der Waals surface area contributed by atoms with Crippen molar-refractivity contribution in [2.75, 3.05) is 24.7 Å². The number of nitrogens with two attached hydrogens (primary N) is 2. The first kappa shape index (κ1) is 31.3. The average molecular weight is 727 g/mol. The van der Waals surface area contributed by atoms with Crippen LogP contribution in [0.3, 0.4) is 0 Å². The minimum atomic E-state index is -4.39. The van der Waals surface area contributed by atoms with Crippen molar-refractivity contribution in [3.05, 3.63) is 29.3 Å². The summed E-state index contributed by atoms with van der Waals surface area (Å²) in [7, 11) is 0. The van der Waals surface area contributed by atoms with Crippen LogP contribution in [0.25, 0.3) is 22.3 Å². The van der Waals surface area contributed by atoms with Gasteiger partial charge in [-0.15, -0.1) is 11.8 Å². The van der Waals surface area contributed by atoms with Gasteiger partial charge in [0.05, 0.1) is 31.1 Å². The highest BCUT2D eigenvalue weighted by Gasteiger charge is 2.53. The van der Waals surface area contributed by atoms with Gasteiger partial charge in [-0.25, -0.2) is 33.3 Å². The van der Waals surface area contributed by atoms with E-state index in [0.717, 1.165) is 18.1 Å². The van der Waals surface area contributed by atoms with Crippen LogP contribution in [-0.2, 0) is 39.2 Å². The Kier molecular flexibility index (Phi) is 7.96. The number of fused-ring (bicyclic) bond motifs is 5. The first-order valence-electron chi connectivity index (χ1n) is 12.9. The fourth-order valence-corrected chi connectivity index (χ4v) is 9.78. The first-order valence-corrected chi connectivity index (χ1v) is 19.1. The Labute approximate surface area is 264 Å². The molecule has 45 heavy (non-hydrogen) atoms. The minimum Gasteiger partial charge on any atom is -0.382 e. The van der Waals surface area contributed by atoms with Crippen LogP contribution in [0.4, 0.5) is 20.5 Å². The summed E-state index contributed by atoms with van der Waals surface area (Å²) in [4.78, 5) is 45.9. The maximum atomic E-state index is 16.0. The molecule has 6 N–H and O–H groups in total. The van der Waals surface area contributed by atoms with E-state index in [-0.39, 0.29) is 34.1 Å². The predicted molar refractivity (Wildman–Crippen MR) is 161 cm³/mol. The smallest absolute Gasteiger partial charge is 0.382 e. The van der Waals surface area contributed by atoms with E-state index in [9.17, 15) is 14.3 Å². The van der Waals surface area contributed by atoms with Crippen molar-refractivity contribution in [1.29, 1.82) is 0 Å². The molecule has 10 atom stereocenters. The van der Waals surface area contributed by atoms with E-state index in [1.165, 1.54) is 21.8 Å². The average Bonchev–Trinajstić information content (AvgIpc) is 3.72. The van der Waals surface area contributed by atoms with Crippen LogP contribution >= 0.6 is 37.5 Å². The lowest BCUT2D eigenvalue weighted by Gasteiger charge is -2.27. The summed E-state index contributed by atoms with van der Waals surface area (Å²) in [6.45, 7) is -9.87. The molecule has 0 amide bonds. The van der Waals surface area contributed by atoms with Gasteiger partial charge in [0, 0.05) is 0 Å². The number of nitrogen functional groups attached to an aromatic ring is 2. The number of halogens is 2. The van der Waals surface area contributed by atoms with Crippen molar-refractivity contribution < 1.29 is 41.1 Å². The van der Waals surface area contributed by atoms with E-state index in [2.05, 4.69) is 42.2 Å². The molecule has 0 saturated carbocycles. The molecule has 0 aliphatic carbocycles. The molecule has 7 rings (SSSR count). The van der Waals surface area contributed by atoms with Crippen molar-refractivity contribution in [3.63, 3.8) is 0 Å². The molecule has 3 aliphatic rings. The monoisotopic (exact) mass is 726 g/mol. The fourth-order valence-electron chi connectivity index (χ4n) is 5.23. The summed E-state index contributed by atoms with van der Waals surface area (Å²) < 4.78 is 75.9. The molecule has 4 aromatic heterocycles. The molecule has 3 aliphatic heterocycles. The van der Waals surface area contributed by atoms with Gasteiger partial charge in [0.15, 0.2) is 35.0 Å². The second kappa shape index (κ2) is 11.4. The van der Waals surface area contributed by atoms with Gasteiger partial charge in [-0.2, -0.15) is 4.98 Å². The predicted octanol–water partition coefficient (Wildman–Crippen LogP) is 1.38. The second-order valence-corrected chi connectivity index (χ2v) is 17.1. The van der Waals surface area contributed by atoms with E-state index < -0.39 is 79.8 Å². The van der Waals surface area contributed by atoms with Crippen molar-refractivity contribution in [1.82, 2.24) is 39.0 Å². The Balaban J connectivity index is 1.21. The standard InChI is InChI=1S/C20H22F2N10O8P2S3/c21-8-7-2-37-42(35,44)39-12-6(38-18(9(12)22)31-4-27-10-14(23)25-3-26-15(10)31)1-36-41(34,43)40-13(8)19(45-7)32-5-28-11-16(32)29-20(24)30-17(11)33/h3-9,12-13,18-19H,1-2H2,(H,34,43)(H,35,44)(H2,23,25,26)(H3,24,29,30,33)/t6-,7-,8+,9+,12-,13-,18-,19-,41?,42?/m1/s1. The highest BCUT2D eigenvalue weighted by Crippen LogP contribution is 2.60. The van der Waals surface area contributed by atoms with Crippen LogP contribution in [-0.4, -0.2) is 93.1 Å². The van der Waals surface area contributed by atoms with Crippen molar-refractivity contribution >= 4 is 83.4 Å². The van der Waals surface area contributed by atoms with E-state index in [4.69, 9.17) is 46.1 Å². The molecule has 2 bridgehead atoms. The maximum Gasteiger partial charge on any atom is 0.386 e. The van der Waals surface area contributed by atoms with E-state index in [0.29, 0.717) is 0 Å².